The molecule has 3 aromatic rings. The third kappa shape index (κ3) is 2.50. The number of carbonyl (C=O) groups is 1. The number of rotatable bonds is 4. The number of nitrogens with one attached hydrogen (secondary N) is 1. The SMILES string of the molecule is O=C(O)[C@H]1CC[C@H](NC2(c3ccccc3)c3ccccc3-c3ccccc32)C1. The first-order valence-corrected chi connectivity index (χ1v) is 9.95. The fraction of sp³-hybridized carbons (Fsp3) is 0.240. The molecular weight excluding hydrogens is 346 g/mol. The van der Waals surface area contributed by atoms with Gasteiger partial charge in [0.1, 0.15) is 0 Å². The first-order chi connectivity index (χ1) is 13.7. The number of hydrogen-bond donors (Lipinski definition) is 2. The molecule has 2 N–H and O–H groups in total. The van der Waals surface area contributed by atoms with Gasteiger partial charge in [0, 0.05) is 6.04 Å². The maximum Gasteiger partial charge on any atom is 0.306 e. The first-order valence-electron chi connectivity index (χ1n) is 9.95. The van der Waals surface area contributed by atoms with Crippen molar-refractivity contribution in [1.82, 2.24) is 5.32 Å². The Balaban J connectivity index is 1.69. The van der Waals surface area contributed by atoms with E-state index in [1.165, 1.54) is 27.8 Å². The maximum atomic E-state index is 11.5. The topological polar surface area (TPSA) is 49.3 Å². The number of carboxylic acid groups (broad SMARTS) is 1. The summed E-state index contributed by atoms with van der Waals surface area (Å²) in [6.07, 6.45) is 2.30. The van der Waals surface area contributed by atoms with Gasteiger partial charge in [-0.05, 0) is 47.1 Å². The lowest BCUT2D eigenvalue weighted by Gasteiger charge is -2.37. The average Bonchev–Trinajstić information content (AvgIpc) is 3.32. The van der Waals surface area contributed by atoms with Crippen LogP contribution in [0.2, 0.25) is 0 Å². The van der Waals surface area contributed by atoms with Crippen LogP contribution in [-0.2, 0) is 10.3 Å². The fourth-order valence-electron chi connectivity index (χ4n) is 5.12. The van der Waals surface area contributed by atoms with Crippen LogP contribution in [0, 0.1) is 5.92 Å². The molecule has 2 atom stereocenters. The van der Waals surface area contributed by atoms with Crippen LogP contribution in [0.5, 0.6) is 0 Å². The molecule has 140 valence electrons. The van der Waals surface area contributed by atoms with Gasteiger partial charge in [-0.15, -0.1) is 0 Å². The molecule has 0 unspecified atom stereocenters. The summed E-state index contributed by atoms with van der Waals surface area (Å²) in [6.45, 7) is 0. The fourth-order valence-corrected chi connectivity index (χ4v) is 5.12. The molecule has 3 heteroatoms. The average molecular weight is 369 g/mol. The van der Waals surface area contributed by atoms with Crippen molar-refractivity contribution in [2.45, 2.75) is 30.8 Å². The second kappa shape index (κ2) is 6.61. The summed E-state index contributed by atoms with van der Waals surface area (Å²) in [5.41, 5.74) is 5.75. The molecule has 1 fully saturated rings. The van der Waals surface area contributed by atoms with Gasteiger partial charge in [0.25, 0.3) is 0 Å². The lowest BCUT2D eigenvalue weighted by molar-refractivity contribution is -0.141. The van der Waals surface area contributed by atoms with Crippen molar-refractivity contribution in [3.05, 3.63) is 95.6 Å². The minimum Gasteiger partial charge on any atom is -0.481 e. The van der Waals surface area contributed by atoms with E-state index in [0.717, 1.165) is 12.8 Å². The molecule has 0 aromatic heterocycles. The predicted octanol–water partition coefficient (Wildman–Crippen LogP) is 4.80. The van der Waals surface area contributed by atoms with Crippen LogP contribution in [0.15, 0.2) is 78.9 Å². The van der Waals surface area contributed by atoms with Gasteiger partial charge in [-0.2, -0.15) is 0 Å². The van der Waals surface area contributed by atoms with Crippen molar-refractivity contribution in [2.24, 2.45) is 5.92 Å². The third-order valence-corrected chi connectivity index (χ3v) is 6.36. The minimum atomic E-state index is -0.676. The Bertz CT molecular complexity index is 982. The lowest BCUT2D eigenvalue weighted by atomic mass is 9.80. The van der Waals surface area contributed by atoms with Crippen LogP contribution in [0.25, 0.3) is 11.1 Å². The Labute approximate surface area is 165 Å². The van der Waals surface area contributed by atoms with E-state index in [4.69, 9.17) is 0 Å². The molecule has 0 saturated heterocycles. The quantitative estimate of drug-likeness (QED) is 0.694. The zero-order chi connectivity index (χ0) is 19.1. The van der Waals surface area contributed by atoms with Crippen molar-refractivity contribution in [2.75, 3.05) is 0 Å². The summed E-state index contributed by atoms with van der Waals surface area (Å²) >= 11 is 0. The van der Waals surface area contributed by atoms with Crippen LogP contribution in [0.1, 0.15) is 36.0 Å². The van der Waals surface area contributed by atoms with Crippen molar-refractivity contribution >= 4 is 5.97 Å². The lowest BCUT2D eigenvalue weighted by Crippen LogP contribution is -2.48. The van der Waals surface area contributed by atoms with Gasteiger partial charge in [0.05, 0.1) is 11.5 Å². The van der Waals surface area contributed by atoms with Gasteiger partial charge in [0.15, 0.2) is 0 Å². The first kappa shape index (κ1) is 17.2. The second-order valence-corrected chi connectivity index (χ2v) is 7.90. The highest BCUT2D eigenvalue weighted by atomic mass is 16.4. The summed E-state index contributed by atoms with van der Waals surface area (Å²) < 4.78 is 0. The van der Waals surface area contributed by atoms with E-state index in [1.807, 2.05) is 6.07 Å². The van der Waals surface area contributed by atoms with Crippen LogP contribution in [0.3, 0.4) is 0 Å². The Kier molecular flexibility index (Phi) is 4.06. The zero-order valence-electron chi connectivity index (χ0n) is 15.6. The van der Waals surface area contributed by atoms with E-state index in [1.54, 1.807) is 0 Å². The summed E-state index contributed by atoms with van der Waals surface area (Å²) in [4.78, 5) is 11.5. The highest BCUT2D eigenvalue weighted by Crippen LogP contribution is 2.51. The molecule has 2 aliphatic carbocycles. The molecule has 0 aliphatic heterocycles. The van der Waals surface area contributed by atoms with E-state index in [0.29, 0.717) is 6.42 Å². The van der Waals surface area contributed by atoms with Crippen LogP contribution >= 0.6 is 0 Å². The highest BCUT2D eigenvalue weighted by molar-refractivity contribution is 5.83. The predicted molar refractivity (Wildman–Crippen MR) is 110 cm³/mol. The van der Waals surface area contributed by atoms with E-state index in [2.05, 4.69) is 78.1 Å². The largest absolute Gasteiger partial charge is 0.481 e. The molecule has 0 amide bonds. The molecule has 1 saturated carbocycles. The Hall–Kier alpha value is -2.91. The molecule has 0 spiro atoms. The second-order valence-electron chi connectivity index (χ2n) is 7.90. The molecule has 28 heavy (non-hydrogen) atoms. The van der Waals surface area contributed by atoms with Gasteiger partial charge in [-0.1, -0.05) is 78.9 Å². The van der Waals surface area contributed by atoms with Gasteiger partial charge >= 0.3 is 5.97 Å². The van der Waals surface area contributed by atoms with E-state index in [9.17, 15) is 9.90 Å². The summed E-state index contributed by atoms with van der Waals surface area (Å²) in [6, 6.07) is 27.9. The van der Waals surface area contributed by atoms with Crippen molar-refractivity contribution < 1.29 is 9.90 Å². The monoisotopic (exact) mass is 369 g/mol. The third-order valence-electron chi connectivity index (χ3n) is 6.36. The molecule has 2 aliphatic rings. The number of hydrogen-bond acceptors (Lipinski definition) is 2. The standard InChI is InChI=1S/C25H23NO2/c27-24(28)17-14-15-19(16-17)26-25(18-8-2-1-3-9-18)22-12-6-4-10-20(22)21-11-5-7-13-23(21)25/h1-13,17,19,26H,14-16H2,(H,27,28)/t17-,19-/m0/s1. The Morgan fingerprint density at radius 1 is 0.821 bits per heavy atom. The van der Waals surface area contributed by atoms with Gasteiger partial charge in [-0.3, -0.25) is 10.1 Å². The number of carboxylic acids is 1. The van der Waals surface area contributed by atoms with E-state index in [-0.39, 0.29) is 12.0 Å². The summed E-state index contributed by atoms with van der Waals surface area (Å²) in [5, 5.41) is 13.4. The van der Waals surface area contributed by atoms with Gasteiger partial charge in [0.2, 0.25) is 0 Å². The normalized spacial score (nSPS) is 21.9. The number of fused-ring (bicyclic) bond motifs is 3. The molecular formula is C25H23NO2. The Morgan fingerprint density at radius 3 is 1.96 bits per heavy atom. The van der Waals surface area contributed by atoms with Crippen molar-refractivity contribution in [3.8, 4) is 11.1 Å². The molecule has 3 aromatic carbocycles. The zero-order valence-corrected chi connectivity index (χ0v) is 15.6. The smallest absolute Gasteiger partial charge is 0.306 e. The van der Waals surface area contributed by atoms with Gasteiger partial charge in [-0.25, -0.2) is 0 Å². The van der Waals surface area contributed by atoms with Crippen LogP contribution < -0.4 is 5.32 Å². The number of aliphatic carboxylic acids is 1. The van der Waals surface area contributed by atoms with Crippen LogP contribution in [-0.4, -0.2) is 17.1 Å². The van der Waals surface area contributed by atoms with Crippen molar-refractivity contribution in [1.29, 1.82) is 0 Å². The Morgan fingerprint density at radius 2 is 1.39 bits per heavy atom. The molecule has 5 rings (SSSR count). The highest BCUT2D eigenvalue weighted by Gasteiger charge is 2.46. The van der Waals surface area contributed by atoms with E-state index >= 15 is 0 Å². The minimum absolute atomic E-state index is 0.167. The van der Waals surface area contributed by atoms with Crippen LogP contribution in [0.4, 0.5) is 0 Å². The summed E-state index contributed by atoms with van der Waals surface area (Å²) in [5.74, 6) is -0.928. The molecule has 0 bridgehead atoms. The summed E-state index contributed by atoms with van der Waals surface area (Å²) in [7, 11) is 0. The van der Waals surface area contributed by atoms with E-state index < -0.39 is 11.5 Å². The molecule has 0 radical (unpaired) electrons. The maximum absolute atomic E-state index is 11.5. The van der Waals surface area contributed by atoms with Crippen molar-refractivity contribution in [3.63, 3.8) is 0 Å². The van der Waals surface area contributed by atoms with Gasteiger partial charge < -0.3 is 5.11 Å². The number of benzene rings is 3. The molecule has 0 heterocycles. The molecule has 3 nitrogen and oxygen atoms in total.